The SMILES string of the molecule is CC(C)(C(=O)O)C(=O)Nc1ccccc1F. The van der Waals surface area contributed by atoms with Crippen molar-refractivity contribution in [3.8, 4) is 0 Å². The highest BCUT2D eigenvalue weighted by molar-refractivity contribution is 6.07. The van der Waals surface area contributed by atoms with E-state index in [-0.39, 0.29) is 5.69 Å². The summed E-state index contributed by atoms with van der Waals surface area (Å²) in [6.07, 6.45) is 0. The summed E-state index contributed by atoms with van der Waals surface area (Å²) in [5.41, 5.74) is -1.62. The second kappa shape index (κ2) is 4.30. The van der Waals surface area contributed by atoms with Crippen LogP contribution in [0, 0.1) is 11.2 Å². The summed E-state index contributed by atoms with van der Waals surface area (Å²) in [4.78, 5) is 22.4. The average molecular weight is 225 g/mol. The molecule has 0 aromatic heterocycles. The molecule has 1 aromatic carbocycles. The molecule has 0 heterocycles. The van der Waals surface area contributed by atoms with Crippen LogP contribution in [-0.4, -0.2) is 17.0 Å². The first kappa shape index (κ1) is 12.2. The minimum atomic E-state index is -1.59. The van der Waals surface area contributed by atoms with Crippen LogP contribution in [0.3, 0.4) is 0 Å². The van der Waals surface area contributed by atoms with Gasteiger partial charge in [0.25, 0.3) is 0 Å². The number of carbonyl (C=O) groups excluding carboxylic acids is 1. The Balaban J connectivity index is 2.88. The molecule has 0 aliphatic heterocycles. The first-order valence-electron chi connectivity index (χ1n) is 4.65. The van der Waals surface area contributed by atoms with E-state index in [0.717, 1.165) is 0 Å². The maximum atomic E-state index is 13.2. The number of nitrogens with one attached hydrogen (secondary N) is 1. The van der Waals surface area contributed by atoms with Crippen molar-refractivity contribution < 1.29 is 19.1 Å². The van der Waals surface area contributed by atoms with E-state index in [9.17, 15) is 14.0 Å². The number of hydrogen-bond acceptors (Lipinski definition) is 2. The van der Waals surface area contributed by atoms with E-state index in [1.807, 2.05) is 0 Å². The third-order valence-electron chi connectivity index (χ3n) is 2.22. The molecule has 0 saturated heterocycles. The van der Waals surface area contributed by atoms with Crippen LogP contribution < -0.4 is 5.32 Å². The molecule has 4 nitrogen and oxygen atoms in total. The molecule has 0 spiro atoms. The third kappa shape index (κ3) is 2.36. The Hall–Kier alpha value is -1.91. The second-order valence-electron chi connectivity index (χ2n) is 3.86. The normalized spacial score (nSPS) is 10.9. The summed E-state index contributed by atoms with van der Waals surface area (Å²) in [6.45, 7) is 2.51. The van der Waals surface area contributed by atoms with Crippen molar-refractivity contribution in [3.05, 3.63) is 30.1 Å². The van der Waals surface area contributed by atoms with Gasteiger partial charge in [0.15, 0.2) is 0 Å². The van der Waals surface area contributed by atoms with E-state index in [1.165, 1.54) is 32.0 Å². The molecule has 1 amide bonds. The minimum Gasteiger partial charge on any atom is -0.480 e. The van der Waals surface area contributed by atoms with Gasteiger partial charge in [0.1, 0.15) is 11.2 Å². The van der Waals surface area contributed by atoms with Crippen LogP contribution >= 0.6 is 0 Å². The lowest BCUT2D eigenvalue weighted by atomic mass is 9.92. The number of amides is 1. The van der Waals surface area contributed by atoms with Gasteiger partial charge >= 0.3 is 5.97 Å². The summed E-state index contributed by atoms with van der Waals surface area (Å²) < 4.78 is 13.2. The van der Waals surface area contributed by atoms with Gasteiger partial charge in [-0.15, -0.1) is 0 Å². The molecule has 0 saturated carbocycles. The number of aliphatic carboxylic acids is 1. The highest BCUT2D eigenvalue weighted by Gasteiger charge is 2.36. The van der Waals surface area contributed by atoms with Crippen molar-refractivity contribution in [3.63, 3.8) is 0 Å². The first-order chi connectivity index (χ1) is 7.35. The van der Waals surface area contributed by atoms with E-state index >= 15 is 0 Å². The fourth-order valence-electron chi connectivity index (χ4n) is 0.938. The smallest absolute Gasteiger partial charge is 0.318 e. The van der Waals surface area contributed by atoms with Crippen molar-refractivity contribution in [1.29, 1.82) is 0 Å². The van der Waals surface area contributed by atoms with Crippen LogP contribution in [-0.2, 0) is 9.59 Å². The maximum absolute atomic E-state index is 13.2. The molecule has 86 valence electrons. The van der Waals surface area contributed by atoms with Crippen molar-refractivity contribution in [2.24, 2.45) is 5.41 Å². The Morgan fingerprint density at radius 1 is 1.31 bits per heavy atom. The van der Waals surface area contributed by atoms with Crippen LogP contribution in [0.1, 0.15) is 13.8 Å². The summed E-state index contributed by atoms with van der Waals surface area (Å²) >= 11 is 0. The predicted molar refractivity (Wildman–Crippen MR) is 56.4 cm³/mol. The number of carboxylic acid groups (broad SMARTS) is 1. The van der Waals surface area contributed by atoms with E-state index in [4.69, 9.17) is 5.11 Å². The van der Waals surface area contributed by atoms with Gasteiger partial charge in [-0.2, -0.15) is 0 Å². The Morgan fingerprint density at radius 2 is 1.88 bits per heavy atom. The quantitative estimate of drug-likeness (QED) is 0.772. The zero-order valence-electron chi connectivity index (χ0n) is 8.95. The lowest BCUT2D eigenvalue weighted by Crippen LogP contribution is -2.38. The van der Waals surface area contributed by atoms with Gasteiger partial charge < -0.3 is 10.4 Å². The minimum absolute atomic E-state index is 0.0261. The molecule has 1 rings (SSSR count). The van der Waals surface area contributed by atoms with Crippen LogP contribution in [0.15, 0.2) is 24.3 Å². The van der Waals surface area contributed by atoms with Crippen LogP contribution in [0.2, 0.25) is 0 Å². The number of halogens is 1. The third-order valence-corrected chi connectivity index (χ3v) is 2.22. The molecule has 0 unspecified atom stereocenters. The molecule has 0 bridgehead atoms. The molecule has 5 heteroatoms. The molecule has 0 radical (unpaired) electrons. The molecule has 2 N–H and O–H groups in total. The van der Waals surface area contributed by atoms with Crippen molar-refractivity contribution in [1.82, 2.24) is 0 Å². The molecular formula is C11H12FNO3. The van der Waals surface area contributed by atoms with Gasteiger partial charge in [0.05, 0.1) is 5.69 Å². The molecule has 16 heavy (non-hydrogen) atoms. The second-order valence-corrected chi connectivity index (χ2v) is 3.86. The van der Waals surface area contributed by atoms with Crippen LogP contribution in [0.25, 0.3) is 0 Å². The van der Waals surface area contributed by atoms with Gasteiger partial charge in [-0.25, -0.2) is 4.39 Å². The van der Waals surface area contributed by atoms with Crippen LogP contribution in [0.4, 0.5) is 10.1 Å². The van der Waals surface area contributed by atoms with Crippen molar-refractivity contribution in [2.45, 2.75) is 13.8 Å². The topological polar surface area (TPSA) is 66.4 Å². The van der Waals surface area contributed by atoms with E-state index in [2.05, 4.69) is 5.32 Å². The molecule has 0 aliphatic rings. The maximum Gasteiger partial charge on any atom is 0.318 e. The fraction of sp³-hybridized carbons (Fsp3) is 0.273. The number of para-hydroxylation sites is 1. The zero-order valence-corrected chi connectivity index (χ0v) is 8.95. The molecule has 1 aromatic rings. The molecule has 0 fully saturated rings. The summed E-state index contributed by atoms with van der Waals surface area (Å²) in [7, 11) is 0. The van der Waals surface area contributed by atoms with E-state index < -0.39 is 23.1 Å². The largest absolute Gasteiger partial charge is 0.480 e. The summed E-state index contributed by atoms with van der Waals surface area (Å²) in [5.74, 6) is -2.62. The standard InChI is InChI=1S/C11H12FNO3/c1-11(2,10(15)16)9(14)13-8-6-4-3-5-7(8)12/h3-6H,1-2H3,(H,13,14)(H,15,16). The zero-order chi connectivity index (χ0) is 12.3. The van der Waals surface area contributed by atoms with Crippen LogP contribution in [0.5, 0.6) is 0 Å². The molecular weight excluding hydrogens is 213 g/mol. The van der Waals surface area contributed by atoms with Crippen molar-refractivity contribution in [2.75, 3.05) is 5.32 Å². The predicted octanol–water partition coefficient (Wildman–Crippen LogP) is 1.88. The fourth-order valence-corrected chi connectivity index (χ4v) is 0.938. The average Bonchev–Trinajstić information content (AvgIpc) is 2.21. The Morgan fingerprint density at radius 3 is 2.38 bits per heavy atom. The summed E-state index contributed by atoms with van der Waals surface area (Å²) in [6, 6.07) is 5.58. The number of anilines is 1. The number of hydrogen-bond donors (Lipinski definition) is 2. The Kier molecular flexibility index (Phi) is 3.27. The molecule has 0 aliphatic carbocycles. The lowest BCUT2D eigenvalue weighted by molar-refractivity contribution is -0.151. The Bertz CT molecular complexity index is 429. The number of rotatable bonds is 3. The van der Waals surface area contributed by atoms with Gasteiger partial charge in [-0.3, -0.25) is 9.59 Å². The Labute approximate surface area is 92.1 Å². The first-order valence-corrected chi connectivity index (χ1v) is 4.65. The lowest BCUT2D eigenvalue weighted by Gasteiger charge is -2.18. The number of benzene rings is 1. The van der Waals surface area contributed by atoms with Gasteiger partial charge in [-0.1, -0.05) is 12.1 Å². The number of carbonyl (C=O) groups is 2. The van der Waals surface area contributed by atoms with Crippen molar-refractivity contribution >= 4 is 17.6 Å². The highest BCUT2D eigenvalue weighted by Crippen LogP contribution is 2.20. The van der Waals surface area contributed by atoms with E-state index in [0.29, 0.717) is 0 Å². The van der Waals surface area contributed by atoms with E-state index in [1.54, 1.807) is 6.07 Å². The van der Waals surface area contributed by atoms with Gasteiger partial charge in [0.2, 0.25) is 5.91 Å². The molecule has 0 atom stereocenters. The van der Waals surface area contributed by atoms with Gasteiger partial charge in [-0.05, 0) is 26.0 Å². The number of carboxylic acids is 1. The highest BCUT2D eigenvalue weighted by atomic mass is 19.1. The monoisotopic (exact) mass is 225 g/mol. The summed E-state index contributed by atoms with van der Waals surface area (Å²) in [5, 5.41) is 11.0. The van der Waals surface area contributed by atoms with Gasteiger partial charge in [0, 0.05) is 0 Å².